The number of benzene rings is 1. The van der Waals surface area contributed by atoms with Crippen LogP contribution < -0.4 is 10.1 Å². The first-order valence-electron chi connectivity index (χ1n) is 8.96. The molecule has 1 saturated heterocycles. The molecule has 1 aliphatic heterocycles. The van der Waals surface area contributed by atoms with Crippen LogP contribution >= 0.6 is 0 Å². The van der Waals surface area contributed by atoms with Gasteiger partial charge in [-0.3, -0.25) is 4.79 Å². The van der Waals surface area contributed by atoms with Crippen molar-refractivity contribution in [2.24, 2.45) is 5.92 Å². The standard InChI is InChI=1S/C19H27N3O3/c1-13(23)22-10-9-14(12-22)11-21(2)19(24)20-18-16-6-4-5-15(16)7-8-17(18)25-3/h7-8,14H,4-6,9-12H2,1-3H3,(H,20,24)/t14-/m0/s1. The molecule has 1 aromatic rings. The van der Waals surface area contributed by atoms with E-state index in [0.717, 1.165) is 44.5 Å². The van der Waals surface area contributed by atoms with Crippen molar-refractivity contribution in [3.63, 3.8) is 0 Å². The summed E-state index contributed by atoms with van der Waals surface area (Å²) in [5.41, 5.74) is 3.31. The number of amides is 3. The van der Waals surface area contributed by atoms with Gasteiger partial charge in [0.2, 0.25) is 5.91 Å². The number of hydrogen-bond acceptors (Lipinski definition) is 3. The molecular formula is C19H27N3O3. The van der Waals surface area contributed by atoms with E-state index in [2.05, 4.69) is 11.4 Å². The van der Waals surface area contributed by atoms with Gasteiger partial charge in [0.25, 0.3) is 0 Å². The Kier molecular flexibility index (Phi) is 5.16. The fourth-order valence-corrected chi connectivity index (χ4v) is 3.89. The van der Waals surface area contributed by atoms with Crippen molar-refractivity contribution in [3.05, 3.63) is 23.3 Å². The molecule has 0 bridgehead atoms. The van der Waals surface area contributed by atoms with E-state index in [1.807, 2.05) is 11.0 Å². The van der Waals surface area contributed by atoms with Gasteiger partial charge in [0.05, 0.1) is 12.8 Å². The zero-order chi connectivity index (χ0) is 18.0. The van der Waals surface area contributed by atoms with Crippen molar-refractivity contribution in [1.82, 2.24) is 9.80 Å². The van der Waals surface area contributed by atoms with Crippen LogP contribution in [0.5, 0.6) is 5.75 Å². The molecule has 6 heteroatoms. The van der Waals surface area contributed by atoms with Crippen molar-refractivity contribution >= 4 is 17.6 Å². The minimum Gasteiger partial charge on any atom is -0.495 e. The monoisotopic (exact) mass is 345 g/mol. The summed E-state index contributed by atoms with van der Waals surface area (Å²) in [6, 6.07) is 3.90. The number of fused-ring (bicyclic) bond motifs is 1. The molecule has 0 spiro atoms. The van der Waals surface area contributed by atoms with Crippen LogP contribution in [-0.2, 0) is 17.6 Å². The highest BCUT2D eigenvalue weighted by Crippen LogP contribution is 2.36. The maximum atomic E-state index is 12.7. The zero-order valence-electron chi connectivity index (χ0n) is 15.3. The third kappa shape index (κ3) is 3.72. The molecule has 0 unspecified atom stereocenters. The average molecular weight is 345 g/mol. The summed E-state index contributed by atoms with van der Waals surface area (Å²) in [7, 11) is 3.44. The van der Waals surface area contributed by atoms with Gasteiger partial charge in [-0.15, -0.1) is 0 Å². The van der Waals surface area contributed by atoms with E-state index in [-0.39, 0.29) is 11.9 Å². The van der Waals surface area contributed by atoms with Crippen molar-refractivity contribution in [1.29, 1.82) is 0 Å². The lowest BCUT2D eigenvalue weighted by Gasteiger charge is -2.23. The Labute approximate surface area is 149 Å². The van der Waals surface area contributed by atoms with Gasteiger partial charge in [-0.1, -0.05) is 6.07 Å². The molecule has 136 valence electrons. The molecule has 1 aliphatic carbocycles. The van der Waals surface area contributed by atoms with Crippen LogP contribution in [-0.4, -0.2) is 55.5 Å². The normalized spacial score (nSPS) is 18.8. The number of carbonyl (C=O) groups excluding carboxylic acids is 2. The Bertz CT molecular complexity index is 674. The Hall–Kier alpha value is -2.24. The fourth-order valence-electron chi connectivity index (χ4n) is 3.89. The molecule has 1 heterocycles. The Morgan fingerprint density at radius 1 is 1.36 bits per heavy atom. The molecule has 3 rings (SSSR count). The SMILES string of the molecule is COc1ccc2c(c1NC(=O)N(C)C[C@@H]1CCN(C(C)=O)C1)CCC2. The number of carbonyl (C=O) groups is 2. The smallest absolute Gasteiger partial charge is 0.321 e. The third-order valence-electron chi connectivity index (χ3n) is 5.31. The lowest BCUT2D eigenvalue weighted by Crippen LogP contribution is -2.36. The number of aryl methyl sites for hydroxylation is 1. The quantitative estimate of drug-likeness (QED) is 0.912. The molecule has 6 nitrogen and oxygen atoms in total. The Morgan fingerprint density at radius 3 is 2.84 bits per heavy atom. The molecule has 25 heavy (non-hydrogen) atoms. The number of likely N-dealkylation sites (tertiary alicyclic amines) is 1. The van der Waals surface area contributed by atoms with E-state index in [1.54, 1.807) is 26.0 Å². The molecule has 1 fully saturated rings. The second-order valence-corrected chi connectivity index (χ2v) is 7.06. The number of hydrogen-bond donors (Lipinski definition) is 1. The number of rotatable bonds is 4. The van der Waals surface area contributed by atoms with E-state index in [1.165, 1.54) is 11.1 Å². The number of nitrogens with zero attached hydrogens (tertiary/aromatic N) is 2. The number of ether oxygens (including phenoxy) is 1. The molecule has 1 N–H and O–H groups in total. The van der Waals surface area contributed by atoms with Crippen LogP contribution in [0.2, 0.25) is 0 Å². The van der Waals surface area contributed by atoms with Gasteiger partial charge in [0.15, 0.2) is 0 Å². The highest BCUT2D eigenvalue weighted by Gasteiger charge is 2.27. The first-order chi connectivity index (χ1) is 12.0. The summed E-state index contributed by atoms with van der Waals surface area (Å²) in [6.45, 7) is 3.76. The van der Waals surface area contributed by atoms with Crippen LogP contribution in [0.15, 0.2) is 12.1 Å². The number of nitrogens with one attached hydrogen (secondary N) is 1. The van der Waals surface area contributed by atoms with Gasteiger partial charge < -0.3 is 19.9 Å². The Morgan fingerprint density at radius 2 is 2.16 bits per heavy atom. The van der Waals surface area contributed by atoms with Crippen LogP contribution in [0.4, 0.5) is 10.5 Å². The summed E-state index contributed by atoms with van der Waals surface area (Å²) in [6.07, 6.45) is 4.09. The lowest BCUT2D eigenvalue weighted by atomic mass is 10.1. The van der Waals surface area contributed by atoms with Gasteiger partial charge in [0.1, 0.15) is 5.75 Å². The minimum atomic E-state index is -0.125. The Balaban J connectivity index is 1.65. The van der Waals surface area contributed by atoms with Crippen molar-refractivity contribution in [2.45, 2.75) is 32.6 Å². The molecular weight excluding hydrogens is 318 g/mol. The van der Waals surface area contributed by atoms with Crippen LogP contribution in [0.1, 0.15) is 30.9 Å². The molecule has 3 amide bonds. The maximum Gasteiger partial charge on any atom is 0.321 e. The average Bonchev–Trinajstić information content (AvgIpc) is 3.24. The summed E-state index contributed by atoms with van der Waals surface area (Å²) in [4.78, 5) is 27.7. The predicted molar refractivity (Wildman–Crippen MR) is 97.0 cm³/mol. The molecule has 0 aromatic heterocycles. The molecule has 1 atom stereocenters. The molecule has 2 aliphatic rings. The fraction of sp³-hybridized carbons (Fsp3) is 0.579. The highest BCUT2D eigenvalue weighted by molar-refractivity contribution is 5.92. The second kappa shape index (κ2) is 7.33. The summed E-state index contributed by atoms with van der Waals surface area (Å²) in [5, 5.41) is 3.05. The van der Waals surface area contributed by atoms with Crippen LogP contribution in [0, 0.1) is 5.92 Å². The highest BCUT2D eigenvalue weighted by atomic mass is 16.5. The van der Waals surface area contributed by atoms with Gasteiger partial charge in [0, 0.05) is 33.6 Å². The van der Waals surface area contributed by atoms with E-state index in [9.17, 15) is 9.59 Å². The van der Waals surface area contributed by atoms with Crippen LogP contribution in [0.25, 0.3) is 0 Å². The number of anilines is 1. The summed E-state index contributed by atoms with van der Waals surface area (Å²) in [5.74, 6) is 1.16. The first kappa shape index (κ1) is 17.6. The largest absolute Gasteiger partial charge is 0.495 e. The molecule has 0 saturated carbocycles. The summed E-state index contributed by atoms with van der Waals surface area (Å²) >= 11 is 0. The van der Waals surface area contributed by atoms with Gasteiger partial charge in [-0.25, -0.2) is 4.79 Å². The summed E-state index contributed by atoms with van der Waals surface area (Å²) < 4.78 is 5.45. The maximum absolute atomic E-state index is 12.7. The van der Waals surface area contributed by atoms with E-state index < -0.39 is 0 Å². The first-order valence-corrected chi connectivity index (χ1v) is 8.96. The minimum absolute atomic E-state index is 0.110. The van der Waals surface area contributed by atoms with Gasteiger partial charge >= 0.3 is 6.03 Å². The second-order valence-electron chi connectivity index (χ2n) is 7.06. The van der Waals surface area contributed by atoms with Gasteiger partial charge in [-0.05, 0) is 48.8 Å². The van der Waals surface area contributed by atoms with E-state index >= 15 is 0 Å². The number of urea groups is 1. The van der Waals surface area contributed by atoms with Gasteiger partial charge in [-0.2, -0.15) is 0 Å². The van der Waals surface area contributed by atoms with E-state index in [0.29, 0.717) is 18.2 Å². The van der Waals surface area contributed by atoms with Crippen molar-refractivity contribution in [2.75, 3.05) is 39.1 Å². The van der Waals surface area contributed by atoms with Crippen molar-refractivity contribution in [3.8, 4) is 5.75 Å². The molecule has 1 aromatic carbocycles. The van der Waals surface area contributed by atoms with Crippen LogP contribution in [0.3, 0.4) is 0 Å². The number of methoxy groups -OCH3 is 1. The van der Waals surface area contributed by atoms with Crippen molar-refractivity contribution < 1.29 is 14.3 Å². The van der Waals surface area contributed by atoms with E-state index in [4.69, 9.17) is 4.74 Å². The predicted octanol–water partition coefficient (Wildman–Crippen LogP) is 2.52. The zero-order valence-corrected chi connectivity index (χ0v) is 15.3. The lowest BCUT2D eigenvalue weighted by molar-refractivity contribution is -0.127. The third-order valence-corrected chi connectivity index (χ3v) is 5.31. The molecule has 0 radical (unpaired) electrons. The topological polar surface area (TPSA) is 61.9 Å².